The standard InChI is InChI=1S/C7H10O2/c1-5(8)7-2-6(3-7)4-9-7/h6H,2-4H2,1H3. The number of hydrogen-bond donors (Lipinski definition) is 0. The Morgan fingerprint density at radius 2 is 2.33 bits per heavy atom. The number of hydrogen-bond acceptors (Lipinski definition) is 2. The highest BCUT2D eigenvalue weighted by Gasteiger charge is 2.55. The minimum atomic E-state index is -0.301. The lowest BCUT2D eigenvalue weighted by Crippen LogP contribution is -2.42. The molecule has 0 aromatic carbocycles. The second-order valence-electron chi connectivity index (χ2n) is 3.14. The van der Waals surface area contributed by atoms with E-state index in [1.165, 1.54) is 0 Å². The SMILES string of the molecule is CC(=O)C12CC(CO1)C2. The minimum Gasteiger partial charge on any atom is -0.367 e. The summed E-state index contributed by atoms with van der Waals surface area (Å²) in [6, 6.07) is 0. The van der Waals surface area contributed by atoms with Gasteiger partial charge in [0, 0.05) is 0 Å². The van der Waals surface area contributed by atoms with Crippen LogP contribution in [-0.2, 0) is 9.53 Å². The Balaban J connectivity index is 2.19. The number of carbonyl (C=O) groups excluding carboxylic acids is 1. The van der Waals surface area contributed by atoms with Crippen LogP contribution in [-0.4, -0.2) is 18.0 Å². The third-order valence-corrected chi connectivity index (χ3v) is 2.47. The molecule has 1 saturated carbocycles. The first-order valence-corrected chi connectivity index (χ1v) is 3.38. The van der Waals surface area contributed by atoms with Crippen molar-refractivity contribution < 1.29 is 9.53 Å². The van der Waals surface area contributed by atoms with E-state index in [2.05, 4.69) is 0 Å². The molecule has 2 saturated heterocycles. The van der Waals surface area contributed by atoms with Gasteiger partial charge in [0.05, 0.1) is 6.61 Å². The molecule has 0 N–H and O–H groups in total. The molecule has 2 bridgehead atoms. The van der Waals surface area contributed by atoms with Crippen molar-refractivity contribution in [3.05, 3.63) is 0 Å². The van der Waals surface area contributed by atoms with Gasteiger partial charge in [-0.05, 0) is 25.7 Å². The summed E-state index contributed by atoms with van der Waals surface area (Å²) in [5.74, 6) is 0.921. The lowest BCUT2D eigenvalue weighted by Gasteiger charge is -2.32. The molecule has 3 rings (SSSR count). The maximum Gasteiger partial charge on any atom is 0.161 e. The average Bonchev–Trinajstić information content (AvgIpc) is 2.13. The number of carbonyl (C=O) groups is 1. The van der Waals surface area contributed by atoms with E-state index in [0.717, 1.165) is 19.4 Å². The molecule has 0 unspecified atom stereocenters. The maximum atomic E-state index is 10.9. The van der Waals surface area contributed by atoms with Crippen molar-refractivity contribution in [1.29, 1.82) is 0 Å². The van der Waals surface area contributed by atoms with Crippen LogP contribution in [0.4, 0.5) is 0 Å². The van der Waals surface area contributed by atoms with Gasteiger partial charge in [0.25, 0.3) is 0 Å². The summed E-state index contributed by atoms with van der Waals surface area (Å²) in [5, 5.41) is 0. The second kappa shape index (κ2) is 1.37. The third-order valence-electron chi connectivity index (χ3n) is 2.47. The highest BCUT2D eigenvalue weighted by Crippen LogP contribution is 2.48. The number of fused-ring (bicyclic) bond motifs is 1. The minimum absolute atomic E-state index is 0.219. The van der Waals surface area contributed by atoms with Gasteiger partial charge in [-0.1, -0.05) is 0 Å². The van der Waals surface area contributed by atoms with Crippen molar-refractivity contribution in [2.24, 2.45) is 5.92 Å². The first-order valence-electron chi connectivity index (χ1n) is 3.38. The molecular formula is C7H10O2. The summed E-state index contributed by atoms with van der Waals surface area (Å²) in [7, 11) is 0. The fraction of sp³-hybridized carbons (Fsp3) is 0.857. The van der Waals surface area contributed by atoms with Crippen LogP contribution in [0, 0.1) is 5.92 Å². The van der Waals surface area contributed by atoms with Gasteiger partial charge in [-0.15, -0.1) is 0 Å². The molecule has 9 heavy (non-hydrogen) atoms. The van der Waals surface area contributed by atoms with Gasteiger partial charge in [-0.2, -0.15) is 0 Å². The van der Waals surface area contributed by atoms with E-state index in [-0.39, 0.29) is 11.4 Å². The van der Waals surface area contributed by atoms with Crippen LogP contribution in [0.25, 0.3) is 0 Å². The van der Waals surface area contributed by atoms with Crippen LogP contribution in [0.15, 0.2) is 0 Å². The van der Waals surface area contributed by atoms with Crippen LogP contribution >= 0.6 is 0 Å². The smallest absolute Gasteiger partial charge is 0.161 e. The quantitative estimate of drug-likeness (QED) is 0.518. The highest BCUT2D eigenvalue weighted by molar-refractivity contribution is 5.86. The van der Waals surface area contributed by atoms with Gasteiger partial charge in [0.15, 0.2) is 5.78 Å². The second-order valence-corrected chi connectivity index (χ2v) is 3.14. The fourth-order valence-corrected chi connectivity index (χ4v) is 1.77. The lowest BCUT2D eigenvalue weighted by atomic mass is 9.72. The first kappa shape index (κ1) is 5.42. The number of ether oxygens (including phenoxy) is 1. The Morgan fingerprint density at radius 3 is 2.56 bits per heavy atom. The van der Waals surface area contributed by atoms with E-state index in [0.29, 0.717) is 5.92 Å². The Bertz CT molecular complexity index is 151. The van der Waals surface area contributed by atoms with Crippen molar-refractivity contribution in [3.63, 3.8) is 0 Å². The predicted molar refractivity (Wildman–Crippen MR) is 32.1 cm³/mol. The summed E-state index contributed by atoms with van der Waals surface area (Å²) in [6.45, 7) is 2.45. The number of rotatable bonds is 1. The summed E-state index contributed by atoms with van der Waals surface area (Å²) in [5.41, 5.74) is -0.301. The molecule has 50 valence electrons. The van der Waals surface area contributed by atoms with Gasteiger partial charge in [0.1, 0.15) is 5.60 Å². The van der Waals surface area contributed by atoms with Crippen molar-refractivity contribution >= 4 is 5.78 Å². The Kier molecular flexibility index (Phi) is 0.826. The normalized spacial score (nSPS) is 46.6. The van der Waals surface area contributed by atoms with Crippen LogP contribution in [0.5, 0.6) is 0 Å². The molecule has 3 aliphatic rings. The number of Topliss-reactive ketones (excluding diaryl/α,β-unsaturated/α-hetero) is 1. The summed E-state index contributed by atoms with van der Waals surface area (Å²) in [4.78, 5) is 10.9. The lowest BCUT2D eigenvalue weighted by molar-refractivity contribution is -0.138. The zero-order chi connectivity index (χ0) is 6.48. The Morgan fingerprint density at radius 1 is 1.67 bits per heavy atom. The van der Waals surface area contributed by atoms with Crippen LogP contribution in [0.2, 0.25) is 0 Å². The summed E-state index contributed by atoms with van der Waals surface area (Å²) >= 11 is 0. The summed E-state index contributed by atoms with van der Waals surface area (Å²) in [6.07, 6.45) is 1.98. The maximum absolute atomic E-state index is 10.9. The average molecular weight is 126 g/mol. The van der Waals surface area contributed by atoms with E-state index < -0.39 is 0 Å². The molecule has 2 nitrogen and oxygen atoms in total. The largest absolute Gasteiger partial charge is 0.367 e. The van der Waals surface area contributed by atoms with Gasteiger partial charge >= 0.3 is 0 Å². The number of ketones is 1. The van der Waals surface area contributed by atoms with Crippen LogP contribution in [0.1, 0.15) is 19.8 Å². The Labute approximate surface area is 54.2 Å². The zero-order valence-electron chi connectivity index (χ0n) is 5.52. The zero-order valence-corrected chi connectivity index (χ0v) is 5.52. The molecule has 3 fully saturated rings. The third kappa shape index (κ3) is 0.517. The molecular weight excluding hydrogens is 116 g/mol. The predicted octanol–water partition coefficient (Wildman–Crippen LogP) is 0.754. The topological polar surface area (TPSA) is 26.3 Å². The molecule has 0 aromatic heterocycles. The Hall–Kier alpha value is -0.370. The highest BCUT2D eigenvalue weighted by atomic mass is 16.5. The fourth-order valence-electron chi connectivity index (χ4n) is 1.77. The van der Waals surface area contributed by atoms with Gasteiger partial charge in [-0.3, -0.25) is 4.79 Å². The van der Waals surface area contributed by atoms with E-state index in [4.69, 9.17) is 4.74 Å². The van der Waals surface area contributed by atoms with Crippen molar-refractivity contribution in [2.45, 2.75) is 25.4 Å². The summed E-state index contributed by atoms with van der Waals surface area (Å²) < 4.78 is 5.33. The molecule has 2 aliphatic heterocycles. The van der Waals surface area contributed by atoms with Crippen molar-refractivity contribution in [3.8, 4) is 0 Å². The molecule has 2 heterocycles. The van der Waals surface area contributed by atoms with Gasteiger partial charge in [-0.25, -0.2) is 0 Å². The molecule has 2 heteroatoms. The molecule has 0 amide bonds. The molecule has 0 radical (unpaired) electrons. The molecule has 0 aromatic rings. The van der Waals surface area contributed by atoms with E-state index >= 15 is 0 Å². The van der Waals surface area contributed by atoms with E-state index in [1.807, 2.05) is 0 Å². The van der Waals surface area contributed by atoms with Crippen LogP contribution < -0.4 is 0 Å². The molecule has 0 spiro atoms. The van der Waals surface area contributed by atoms with E-state index in [1.54, 1.807) is 6.92 Å². The molecule has 1 aliphatic carbocycles. The van der Waals surface area contributed by atoms with E-state index in [9.17, 15) is 4.79 Å². The monoisotopic (exact) mass is 126 g/mol. The van der Waals surface area contributed by atoms with Crippen LogP contribution in [0.3, 0.4) is 0 Å². The van der Waals surface area contributed by atoms with Gasteiger partial charge in [0.2, 0.25) is 0 Å². The van der Waals surface area contributed by atoms with Crippen molar-refractivity contribution in [2.75, 3.05) is 6.61 Å². The van der Waals surface area contributed by atoms with Gasteiger partial charge < -0.3 is 4.74 Å². The van der Waals surface area contributed by atoms with Crippen molar-refractivity contribution in [1.82, 2.24) is 0 Å². The first-order chi connectivity index (χ1) is 4.23. The molecule has 0 atom stereocenters.